The summed E-state index contributed by atoms with van der Waals surface area (Å²) >= 11 is 6.61. The van der Waals surface area contributed by atoms with Gasteiger partial charge in [0.05, 0.1) is 11.1 Å². The second-order valence-corrected chi connectivity index (χ2v) is 10.8. The van der Waals surface area contributed by atoms with Gasteiger partial charge in [0.25, 0.3) is 0 Å². The summed E-state index contributed by atoms with van der Waals surface area (Å²) in [7, 11) is -2.30. The Balaban J connectivity index is 4.94. The number of unbranched alkanes of at least 4 members (excludes halogenated alkanes) is 1. The van der Waals surface area contributed by atoms with Crippen molar-refractivity contribution >= 4 is 19.9 Å². The molecule has 0 aliphatic rings. The average Bonchev–Trinajstić information content (AvgIpc) is 2.27. The Morgan fingerprint density at radius 2 is 1.71 bits per heavy atom. The summed E-state index contributed by atoms with van der Waals surface area (Å²) in [4.78, 5) is 0. The average molecular weight is 283 g/mol. The van der Waals surface area contributed by atoms with Crippen LogP contribution >= 0.6 is 11.6 Å². The molecule has 0 fully saturated rings. The van der Waals surface area contributed by atoms with Crippen LogP contribution in [0.1, 0.15) is 33.6 Å². The molecule has 2 N–H and O–H groups in total. The zero-order valence-electron chi connectivity index (χ0n) is 11.7. The highest BCUT2D eigenvalue weighted by Gasteiger charge is 2.56. The van der Waals surface area contributed by atoms with Crippen LogP contribution in [-0.2, 0) is 4.43 Å². The molecule has 104 valence electrons. The van der Waals surface area contributed by atoms with E-state index in [4.69, 9.17) is 16.0 Å². The van der Waals surface area contributed by atoms with E-state index in [0.717, 1.165) is 12.8 Å². The normalized spacial score (nSPS) is 16.9. The van der Waals surface area contributed by atoms with Gasteiger partial charge in [0.2, 0.25) is 8.32 Å². The van der Waals surface area contributed by atoms with E-state index >= 15 is 0 Å². The van der Waals surface area contributed by atoms with Crippen molar-refractivity contribution < 1.29 is 14.6 Å². The van der Waals surface area contributed by atoms with Crippen LogP contribution in [-0.4, -0.2) is 42.8 Å². The number of halogens is 1. The minimum Gasteiger partial charge on any atom is -0.415 e. The molecule has 0 aromatic rings. The first-order chi connectivity index (χ1) is 7.68. The van der Waals surface area contributed by atoms with Crippen molar-refractivity contribution in [3.8, 4) is 0 Å². The first-order valence-corrected chi connectivity index (χ1v) is 9.51. The lowest BCUT2D eigenvalue weighted by Gasteiger charge is -2.48. The molecule has 5 heteroatoms. The fraction of sp³-hybridized carbons (Fsp3) is 1.00. The van der Waals surface area contributed by atoms with E-state index < -0.39 is 18.2 Å². The van der Waals surface area contributed by atoms with E-state index in [9.17, 15) is 10.2 Å². The van der Waals surface area contributed by atoms with Crippen LogP contribution in [0.25, 0.3) is 0 Å². The highest BCUT2D eigenvalue weighted by Crippen LogP contribution is 2.43. The molecule has 0 heterocycles. The molecule has 3 nitrogen and oxygen atoms in total. The number of rotatable bonds is 8. The van der Waals surface area contributed by atoms with Crippen molar-refractivity contribution in [3.05, 3.63) is 0 Å². The van der Waals surface area contributed by atoms with E-state index in [1.165, 1.54) is 0 Å². The van der Waals surface area contributed by atoms with Crippen molar-refractivity contribution in [2.24, 2.45) is 5.41 Å². The van der Waals surface area contributed by atoms with Crippen molar-refractivity contribution in [3.63, 3.8) is 0 Å². The number of hydrogen-bond acceptors (Lipinski definition) is 3. The van der Waals surface area contributed by atoms with Crippen LogP contribution in [0.2, 0.25) is 13.1 Å². The highest BCUT2D eigenvalue weighted by molar-refractivity contribution is 6.82. The zero-order chi connectivity index (χ0) is 13.7. The molecule has 1 unspecified atom stereocenters. The molecule has 17 heavy (non-hydrogen) atoms. The highest BCUT2D eigenvalue weighted by atomic mass is 35.5. The standard InChI is InChI=1S/C12H27ClO3Si/c1-6-7-8-16-17(4,5)12(13,10-15)11(2,3)9-14/h14-15H,6-10H2,1-5H3. The second-order valence-electron chi connectivity index (χ2n) is 5.71. The largest absolute Gasteiger partial charge is 0.415 e. The Kier molecular flexibility index (Phi) is 6.67. The topological polar surface area (TPSA) is 49.7 Å². The Morgan fingerprint density at radius 1 is 1.18 bits per heavy atom. The van der Waals surface area contributed by atoms with Crippen molar-refractivity contribution in [2.45, 2.75) is 51.2 Å². The number of aliphatic hydroxyl groups excluding tert-OH is 2. The Bertz CT molecular complexity index is 234. The minimum absolute atomic E-state index is 0.0649. The van der Waals surface area contributed by atoms with E-state index in [-0.39, 0.29) is 13.2 Å². The fourth-order valence-corrected chi connectivity index (χ4v) is 5.13. The second kappa shape index (κ2) is 6.52. The quantitative estimate of drug-likeness (QED) is 0.409. The summed E-state index contributed by atoms with van der Waals surface area (Å²) < 4.78 is 5.08. The van der Waals surface area contributed by atoms with Crippen LogP contribution in [0.15, 0.2) is 0 Å². The number of aliphatic hydroxyl groups is 2. The molecule has 0 saturated heterocycles. The number of alkyl halides is 1. The maximum absolute atomic E-state index is 9.66. The van der Waals surface area contributed by atoms with Gasteiger partial charge in [0.1, 0.15) is 0 Å². The lowest BCUT2D eigenvalue weighted by molar-refractivity contribution is 0.0935. The predicted molar refractivity (Wildman–Crippen MR) is 74.9 cm³/mol. The molecule has 0 aromatic carbocycles. The molecule has 0 saturated carbocycles. The molecule has 0 amide bonds. The van der Waals surface area contributed by atoms with Crippen LogP contribution in [0.4, 0.5) is 0 Å². The summed E-state index contributed by atoms with van der Waals surface area (Å²) in [5, 5.41) is 19.1. The van der Waals surface area contributed by atoms with Gasteiger partial charge in [-0.25, -0.2) is 0 Å². The molecule has 0 radical (unpaired) electrons. The Hall–Kier alpha value is 0.387. The Labute approximate surface area is 111 Å². The monoisotopic (exact) mass is 282 g/mol. The molecule has 1 atom stereocenters. The van der Waals surface area contributed by atoms with Crippen LogP contribution in [0.5, 0.6) is 0 Å². The third kappa shape index (κ3) is 3.67. The molecule has 0 aliphatic carbocycles. The van der Waals surface area contributed by atoms with Gasteiger partial charge in [-0.2, -0.15) is 0 Å². The van der Waals surface area contributed by atoms with E-state index in [1.54, 1.807) is 0 Å². The van der Waals surface area contributed by atoms with Gasteiger partial charge in [0.15, 0.2) is 0 Å². The van der Waals surface area contributed by atoms with Gasteiger partial charge in [-0.3, -0.25) is 0 Å². The van der Waals surface area contributed by atoms with Crippen LogP contribution in [0, 0.1) is 5.41 Å². The SMILES string of the molecule is CCCCO[Si](C)(C)C(Cl)(CO)C(C)(C)CO. The van der Waals surface area contributed by atoms with Crippen LogP contribution in [0.3, 0.4) is 0 Å². The maximum atomic E-state index is 9.66. The van der Waals surface area contributed by atoms with Gasteiger partial charge < -0.3 is 14.6 Å². The molecular weight excluding hydrogens is 256 g/mol. The minimum atomic E-state index is -2.30. The van der Waals surface area contributed by atoms with Crippen molar-refractivity contribution in [1.82, 2.24) is 0 Å². The van der Waals surface area contributed by atoms with Crippen molar-refractivity contribution in [1.29, 1.82) is 0 Å². The third-order valence-electron chi connectivity index (χ3n) is 3.60. The zero-order valence-corrected chi connectivity index (χ0v) is 13.5. The molecule has 0 aliphatic heterocycles. The van der Waals surface area contributed by atoms with E-state index in [0.29, 0.717) is 6.61 Å². The summed E-state index contributed by atoms with van der Waals surface area (Å²) in [6, 6.07) is 0. The lowest BCUT2D eigenvalue weighted by Crippen LogP contribution is -2.64. The van der Waals surface area contributed by atoms with E-state index in [1.807, 2.05) is 26.9 Å². The summed E-state index contributed by atoms with van der Waals surface area (Å²) in [6.07, 6.45) is 2.07. The van der Waals surface area contributed by atoms with Gasteiger partial charge in [0, 0.05) is 18.6 Å². The first-order valence-electron chi connectivity index (χ1n) is 6.23. The van der Waals surface area contributed by atoms with E-state index in [2.05, 4.69) is 6.92 Å². The summed E-state index contributed by atoms with van der Waals surface area (Å²) in [6.45, 7) is 10.3. The van der Waals surface area contributed by atoms with Crippen LogP contribution < -0.4 is 0 Å². The molecule has 0 bridgehead atoms. The predicted octanol–water partition coefficient (Wildman–Crippen LogP) is 2.54. The van der Waals surface area contributed by atoms with Gasteiger partial charge in [-0.05, 0) is 19.5 Å². The summed E-state index contributed by atoms with van der Waals surface area (Å²) in [5.74, 6) is 0. The first kappa shape index (κ1) is 17.4. The maximum Gasteiger partial charge on any atom is 0.210 e. The van der Waals surface area contributed by atoms with Gasteiger partial charge in [-0.1, -0.05) is 27.2 Å². The molecular formula is C12H27ClO3Si. The number of hydrogen-bond donors (Lipinski definition) is 2. The van der Waals surface area contributed by atoms with Crippen molar-refractivity contribution in [2.75, 3.05) is 19.8 Å². The summed E-state index contributed by atoms with van der Waals surface area (Å²) in [5.41, 5.74) is -0.564. The van der Waals surface area contributed by atoms with Gasteiger partial charge in [-0.15, -0.1) is 11.6 Å². The van der Waals surface area contributed by atoms with Gasteiger partial charge >= 0.3 is 0 Å². The molecule has 0 spiro atoms. The third-order valence-corrected chi connectivity index (χ3v) is 9.27. The lowest BCUT2D eigenvalue weighted by atomic mass is 9.89. The smallest absolute Gasteiger partial charge is 0.210 e. The molecule has 0 aromatic heterocycles. The molecule has 0 rings (SSSR count). The Morgan fingerprint density at radius 3 is 2.06 bits per heavy atom. The fourth-order valence-electron chi connectivity index (χ4n) is 1.93.